The van der Waals surface area contributed by atoms with Gasteiger partial charge in [0.1, 0.15) is 11.6 Å². The van der Waals surface area contributed by atoms with Crippen molar-refractivity contribution in [3.63, 3.8) is 0 Å². The number of halogens is 2. The van der Waals surface area contributed by atoms with Crippen LogP contribution in [0.1, 0.15) is 49.3 Å². The molecule has 150 valence electrons. The fourth-order valence-corrected chi connectivity index (χ4v) is 4.96. The van der Waals surface area contributed by atoms with E-state index in [0.717, 1.165) is 31.7 Å². The Hall–Kier alpha value is -1.78. The predicted octanol–water partition coefficient (Wildman–Crippen LogP) is 5.40. The molecule has 4 heteroatoms. The van der Waals surface area contributed by atoms with Crippen molar-refractivity contribution in [3.05, 3.63) is 71.3 Å². The molecule has 0 radical (unpaired) electrons. The number of nitrogens with zero attached hydrogens (tertiary/aromatic N) is 2. The third kappa shape index (κ3) is 4.61. The Labute approximate surface area is 167 Å². The summed E-state index contributed by atoms with van der Waals surface area (Å²) < 4.78 is 27.5. The lowest BCUT2D eigenvalue weighted by Crippen LogP contribution is -2.48. The minimum Gasteiger partial charge on any atom is -0.296 e. The average Bonchev–Trinajstić information content (AvgIpc) is 2.73. The predicted molar refractivity (Wildman–Crippen MR) is 109 cm³/mol. The zero-order valence-electron chi connectivity index (χ0n) is 16.5. The molecule has 2 fully saturated rings. The minimum absolute atomic E-state index is 0.115. The van der Waals surface area contributed by atoms with E-state index in [4.69, 9.17) is 0 Å². The molecule has 0 aromatic heterocycles. The number of benzene rings is 2. The van der Waals surface area contributed by atoms with Crippen LogP contribution in [0, 0.1) is 17.6 Å². The number of rotatable bonds is 5. The molecular weight excluding hydrogens is 354 g/mol. The zero-order valence-corrected chi connectivity index (χ0v) is 16.5. The van der Waals surface area contributed by atoms with Crippen molar-refractivity contribution >= 4 is 0 Å². The summed E-state index contributed by atoms with van der Waals surface area (Å²) in [6.45, 7) is 4.52. The third-order valence-corrected chi connectivity index (χ3v) is 6.46. The van der Waals surface area contributed by atoms with Crippen LogP contribution in [-0.4, -0.2) is 36.0 Å². The van der Waals surface area contributed by atoms with Gasteiger partial charge in [0.15, 0.2) is 0 Å². The summed E-state index contributed by atoms with van der Waals surface area (Å²) in [7, 11) is 0. The topological polar surface area (TPSA) is 6.48 Å². The summed E-state index contributed by atoms with van der Waals surface area (Å²) in [5.74, 6) is 0.370. The molecule has 1 saturated carbocycles. The second-order valence-corrected chi connectivity index (χ2v) is 8.30. The van der Waals surface area contributed by atoms with E-state index in [1.807, 2.05) is 24.3 Å². The molecular formula is C24H30F2N2. The molecule has 2 aliphatic rings. The van der Waals surface area contributed by atoms with Crippen LogP contribution in [0.15, 0.2) is 48.5 Å². The molecule has 0 bridgehead atoms. The standard InChI is InChI=1S/C24H30F2N2/c25-22-12-10-20(11-13-22)24(19-6-2-1-3-7-19)28-16-14-27(15-17-28)18-21-8-4-5-9-23(21)26/h4-5,8-13,19,24H,1-3,6-7,14-18H2. The fourth-order valence-electron chi connectivity index (χ4n) is 4.96. The molecule has 4 rings (SSSR count). The summed E-state index contributed by atoms with van der Waals surface area (Å²) >= 11 is 0. The van der Waals surface area contributed by atoms with Gasteiger partial charge < -0.3 is 0 Å². The molecule has 28 heavy (non-hydrogen) atoms. The monoisotopic (exact) mass is 384 g/mol. The lowest BCUT2D eigenvalue weighted by molar-refractivity contribution is 0.0543. The van der Waals surface area contributed by atoms with Gasteiger partial charge in [-0.2, -0.15) is 0 Å². The molecule has 2 aromatic rings. The van der Waals surface area contributed by atoms with Gasteiger partial charge in [-0.1, -0.05) is 49.6 Å². The smallest absolute Gasteiger partial charge is 0.127 e. The van der Waals surface area contributed by atoms with E-state index in [1.54, 1.807) is 24.3 Å². The summed E-state index contributed by atoms with van der Waals surface area (Å²) in [6, 6.07) is 14.6. The first-order valence-corrected chi connectivity index (χ1v) is 10.7. The van der Waals surface area contributed by atoms with Crippen LogP contribution >= 0.6 is 0 Å². The van der Waals surface area contributed by atoms with E-state index >= 15 is 0 Å². The maximum absolute atomic E-state index is 14.0. The molecule has 1 saturated heterocycles. The van der Waals surface area contributed by atoms with Crippen LogP contribution < -0.4 is 0 Å². The van der Waals surface area contributed by atoms with Crippen molar-refractivity contribution < 1.29 is 8.78 Å². The van der Waals surface area contributed by atoms with E-state index in [-0.39, 0.29) is 11.6 Å². The first-order valence-electron chi connectivity index (χ1n) is 10.7. The Morgan fingerprint density at radius 2 is 1.50 bits per heavy atom. The van der Waals surface area contributed by atoms with Gasteiger partial charge in [0, 0.05) is 44.3 Å². The highest BCUT2D eigenvalue weighted by Crippen LogP contribution is 2.39. The second kappa shape index (κ2) is 9.15. The van der Waals surface area contributed by atoms with Gasteiger partial charge in [0.2, 0.25) is 0 Å². The maximum Gasteiger partial charge on any atom is 0.127 e. The van der Waals surface area contributed by atoms with E-state index < -0.39 is 0 Å². The van der Waals surface area contributed by atoms with Crippen molar-refractivity contribution in [2.75, 3.05) is 26.2 Å². The van der Waals surface area contributed by atoms with Gasteiger partial charge in [0.05, 0.1) is 0 Å². The average molecular weight is 385 g/mol. The van der Waals surface area contributed by atoms with Crippen LogP contribution in [0.5, 0.6) is 0 Å². The van der Waals surface area contributed by atoms with Crippen molar-refractivity contribution in [3.8, 4) is 0 Å². The molecule has 0 amide bonds. The highest BCUT2D eigenvalue weighted by Gasteiger charge is 2.32. The molecule has 1 atom stereocenters. The molecule has 1 heterocycles. The second-order valence-electron chi connectivity index (χ2n) is 8.30. The molecule has 1 unspecified atom stereocenters. The van der Waals surface area contributed by atoms with Crippen LogP contribution in [0.2, 0.25) is 0 Å². The normalized spacial score (nSPS) is 20.9. The summed E-state index contributed by atoms with van der Waals surface area (Å²) in [6.07, 6.45) is 6.46. The van der Waals surface area contributed by atoms with E-state index in [9.17, 15) is 8.78 Å². The summed E-state index contributed by atoms with van der Waals surface area (Å²) in [4.78, 5) is 4.93. The fraction of sp³-hybridized carbons (Fsp3) is 0.500. The Morgan fingerprint density at radius 1 is 0.821 bits per heavy atom. The largest absolute Gasteiger partial charge is 0.296 e. The Balaban J connectivity index is 1.44. The molecule has 1 aliphatic heterocycles. The van der Waals surface area contributed by atoms with Crippen LogP contribution in [0.25, 0.3) is 0 Å². The molecule has 2 nitrogen and oxygen atoms in total. The van der Waals surface area contributed by atoms with E-state index in [0.29, 0.717) is 18.5 Å². The van der Waals surface area contributed by atoms with Crippen LogP contribution in [0.3, 0.4) is 0 Å². The van der Waals surface area contributed by atoms with Gasteiger partial charge in [-0.25, -0.2) is 8.78 Å². The lowest BCUT2D eigenvalue weighted by atomic mass is 9.80. The number of piperazine rings is 1. The lowest BCUT2D eigenvalue weighted by Gasteiger charge is -2.43. The molecule has 0 spiro atoms. The summed E-state index contributed by atoms with van der Waals surface area (Å²) in [5, 5.41) is 0. The number of hydrogen-bond donors (Lipinski definition) is 0. The van der Waals surface area contributed by atoms with E-state index in [2.05, 4.69) is 9.80 Å². The quantitative estimate of drug-likeness (QED) is 0.681. The van der Waals surface area contributed by atoms with Crippen LogP contribution in [0.4, 0.5) is 8.78 Å². The van der Waals surface area contributed by atoms with Gasteiger partial charge in [-0.15, -0.1) is 0 Å². The van der Waals surface area contributed by atoms with Gasteiger partial charge in [-0.3, -0.25) is 9.80 Å². The maximum atomic E-state index is 14.0. The van der Waals surface area contributed by atoms with E-state index in [1.165, 1.54) is 37.7 Å². The van der Waals surface area contributed by atoms with Crippen molar-refractivity contribution in [1.82, 2.24) is 9.80 Å². The first-order chi connectivity index (χ1) is 13.7. The van der Waals surface area contributed by atoms with Gasteiger partial charge >= 0.3 is 0 Å². The Kier molecular flexibility index (Phi) is 6.38. The van der Waals surface area contributed by atoms with Crippen LogP contribution in [-0.2, 0) is 6.54 Å². The molecule has 0 N–H and O–H groups in total. The van der Waals surface area contributed by atoms with Crippen molar-refractivity contribution in [2.45, 2.75) is 44.7 Å². The third-order valence-electron chi connectivity index (χ3n) is 6.46. The summed E-state index contributed by atoms with van der Waals surface area (Å²) in [5.41, 5.74) is 2.02. The number of hydrogen-bond acceptors (Lipinski definition) is 2. The SMILES string of the molecule is Fc1ccc(C(C2CCCCC2)N2CCN(Cc3ccccc3F)CC2)cc1. The minimum atomic E-state index is -0.166. The Morgan fingerprint density at radius 3 is 2.18 bits per heavy atom. The highest BCUT2D eigenvalue weighted by molar-refractivity contribution is 5.22. The van der Waals surface area contributed by atoms with Gasteiger partial charge in [-0.05, 0) is 42.5 Å². The van der Waals surface area contributed by atoms with Gasteiger partial charge in [0.25, 0.3) is 0 Å². The first kappa shape index (κ1) is 19.5. The zero-order chi connectivity index (χ0) is 19.3. The Bertz CT molecular complexity index is 747. The molecule has 2 aromatic carbocycles. The molecule has 1 aliphatic carbocycles. The highest BCUT2D eigenvalue weighted by atomic mass is 19.1. The van der Waals surface area contributed by atoms with Crippen molar-refractivity contribution in [2.24, 2.45) is 5.92 Å². The van der Waals surface area contributed by atoms with Crippen molar-refractivity contribution in [1.29, 1.82) is 0 Å².